The molecule has 0 radical (unpaired) electrons. The Hall–Kier alpha value is -5.44. The van der Waals surface area contributed by atoms with Crippen LogP contribution in [0.25, 0.3) is 11.1 Å². The molecule has 0 spiro atoms. The number of amides is 2. The smallest absolute Gasteiger partial charge is 0.269 e. The maximum Gasteiger partial charge on any atom is 0.269 e. The van der Waals surface area contributed by atoms with Crippen LogP contribution < -0.4 is 32.3 Å². The number of carbonyl (C=O) groups is 2. The van der Waals surface area contributed by atoms with E-state index in [0.717, 1.165) is 11.1 Å². The first-order valence-electron chi connectivity index (χ1n) is 14.2. The van der Waals surface area contributed by atoms with E-state index in [1.807, 2.05) is 37.4 Å². The van der Waals surface area contributed by atoms with Gasteiger partial charge < -0.3 is 27.0 Å². The summed E-state index contributed by atoms with van der Waals surface area (Å²) in [6.07, 6.45) is 5.21. The number of halogens is 1. The summed E-state index contributed by atoms with van der Waals surface area (Å²) in [6.45, 7) is 5.13. The van der Waals surface area contributed by atoms with Crippen LogP contribution >= 0.6 is 0 Å². The number of nitrogens with one attached hydrogen (secondary N) is 5. The number of nitrogens with zero attached hydrogens (tertiary/aromatic N) is 3. The van der Waals surface area contributed by atoms with E-state index in [-0.39, 0.29) is 29.2 Å². The van der Waals surface area contributed by atoms with Crippen LogP contribution in [0.1, 0.15) is 50.4 Å². The third-order valence-electron chi connectivity index (χ3n) is 7.43. The number of hydrogen-bond acceptors (Lipinski definition) is 7. The van der Waals surface area contributed by atoms with Crippen LogP contribution in [0.4, 0.5) is 21.5 Å². The van der Waals surface area contributed by atoms with E-state index < -0.39 is 17.8 Å². The molecule has 11 nitrogen and oxygen atoms in total. The second-order valence-corrected chi connectivity index (χ2v) is 10.6. The van der Waals surface area contributed by atoms with Gasteiger partial charge in [0.05, 0.1) is 23.1 Å². The summed E-state index contributed by atoms with van der Waals surface area (Å²) < 4.78 is 14.5. The Bertz CT molecular complexity index is 1660. The molecule has 3 aromatic rings. The van der Waals surface area contributed by atoms with Gasteiger partial charge >= 0.3 is 0 Å². The van der Waals surface area contributed by atoms with E-state index in [1.165, 1.54) is 0 Å². The van der Waals surface area contributed by atoms with Crippen molar-refractivity contribution >= 4 is 34.8 Å². The lowest BCUT2D eigenvalue weighted by Gasteiger charge is -2.23. The van der Waals surface area contributed by atoms with E-state index in [9.17, 15) is 14.0 Å². The van der Waals surface area contributed by atoms with Crippen molar-refractivity contribution in [1.82, 2.24) is 15.6 Å². The quantitative estimate of drug-likeness (QED) is 0.0795. The number of aliphatic imine (C=N–C) groups is 1. The minimum atomic E-state index is -0.520. The fourth-order valence-electron chi connectivity index (χ4n) is 4.85. The van der Waals surface area contributed by atoms with Crippen LogP contribution in [0.2, 0.25) is 0 Å². The van der Waals surface area contributed by atoms with E-state index in [1.54, 1.807) is 51.4 Å². The monoisotopic (exact) mass is 597 g/mol. The molecule has 0 saturated heterocycles. The summed E-state index contributed by atoms with van der Waals surface area (Å²) in [5.74, 6) is -1.13. The minimum absolute atomic E-state index is 0.0767. The minimum Gasteiger partial charge on any atom is -0.393 e. The molecule has 228 valence electrons. The van der Waals surface area contributed by atoms with Crippen molar-refractivity contribution in [3.63, 3.8) is 0 Å². The summed E-state index contributed by atoms with van der Waals surface area (Å²) >= 11 is 0. The molecular formula is C32H36FN9O2. The van der Waals surface area contributed by atoms with Gasteiger partial charge in [-0.2, -0.15) is 5.26 Å². The number of fused-ring (bicyclic) bond motifs is 4. The Morgan fingerprint density at radius 2 is 1.98 bits per heavy atom. The fraction of sp³-hybridized carbons (Fsp3) is 0.281. The number of carbonyl (C=O) groups excluding carboxylic acids is 2. The summed E-state index contributed by atoms with van der Waals surface area (Å²) in [5, 5.41) is 23.4. The molecule has 1 aromatic heterocycles. The second-order valence-electron chi connectivity index (χ2n) is 10.6. The molecule has 7 N–H and O–H groups in total. The van der Waals surface area contributed by atoms with Crippen molar-refractivity contribution in [2.24, 2.45) is 16.6 Å². The maximum absolute atomic E-state index is 14.5. The first-order chi connectivity index (χ1) is 21.1. The van der Waals surface area contributed by atoms with Gasteiger partial charge in [0, 0.05) is 36.1 Å². The Morgan fingerprint density at radius 1 is 1.18 bits per heavy atom. The van der Waals surface area contributed by atoms with Gasteiger partial charge in [-0.3, -0.25) is 24.9 Å². The lowest BCUT2D eigenvalue weighted by molar-refractivity contribution is -0.120. The Kier molecular flexibility index (Phi) is 10.1. The van der Waals surface area contributed by atoms with Crippen LogP contribution in [-0.2, 0) is 9.59 Å². The number of nitrogens with two attached hydrogens (primary N) is 1. The normalized spacial score (nSPS) is 17.4. The number of hydrogen-bond donors (Lipinski definition) is 6. The Balaban J connectivity index is 1.66. The lowest BCUT2D eigenvalue weighted by atomic mass is 9.95. The highest BCUT2D eigenvalue weighted by molar-refractivity contribution is 6.00. The van der Waals surface area contributed by atoms with Crippen LogP contribution in [-0.4, -0.2) is 29.8 Å². The van der Waals surface area contributed by atoms with Crippen molar-refractivity contribution in [3.05, 3.63) is 83.2 Å². The van der Waals surface area contributed by atoms with Crippen molar-refractivity contribution in [3.8, 4) is 17.3 Å². The average molecular weight is 598 g/mol. The summed E-state index contributed by atoms with van der Waals surface area (Å²) in [5.41, 5.74) is 10.5. The first-order valence-corrected chi connectivity index (χ1v) is 14.2. The molecule has 0 fully saturated rings. The third-order valence-corrected chi connectivity index (χ3v) is 7.43. The van der Waals surface area contributed by atoms with E-state index in [4.69, 9.17) is 11.0 Å². The van der Waals surface area contributed by atoms with E-state index in [2.05, 4.69) is 36.6 Å². The topological polar surface area (TPSA) is 169 Å². The number of anilines is 3. The number of nitriles is 1. The Morgan fingerprint density at radius 3 is 2.73 bits per heavy atom. The number of pyridine rings is 1. The van der Waals surface area contributed by atoms with Gasteiger partial charge in [-0.05, 0) is 68.1 Å². The molecule has 1 aliphatic heterocycles. The zero-order valence-electron chi connectivity index (χ0n) is 25.1. The molecule has 0 saturated carbocycles. The molecule has 1 aliphatic rings. The summed E-state index contributed by atoms with van der Waals surface area (Å²) in [4.78, 5) is 35.1. The van der Waals surface area contributed by atoms with E-state index >= 15 is 0 Å². The molecule has 0 aliphatic carbocycles. The average Bonchev–Trinajstić information content (AvgIpc) is 3.01. The number of rotatable bonds is 5. The number of allylic oxidation sites excluding steroid dienone is 1. The number of guanidine groups is 1. The van der Waals surface area contributed by atoms with Crippen LogP contribution in [0.15, 0.2) is 71.1 Å². The molecule has 2 atom stereocenters. The SMILES string of the molecule is CN=C(NC#N)Nc1ccc2c(c1)NC(=O)[C@@H](C)CCCC(NC(=O)/C(N)=C(\C)Nc1cccc(C)c1F)c1cc-2ccn1. The number of benzene rings is 2. The van der Waals surface area contributed by atoms with Crippen molar-refractivity contribution in [1.29, 1.82) is 5.26 Å². The highest BCUT2D eigenvalue weighted by Crippen LogP contribution is 2.34. The fourth-order valence-corrected chi connectivity index (χ4v) is 4.85. The first kappa shape index (κ1) is 31.5. The Labute approximate surface area is 255 Å². The van der Waals surface area contributed by atoms with Crippen LogP contribution in [0.5, 0.6) is 0 Å². The third kappa shape index (κ3) is 7.49. The zero-order chi connectivity index (χ0) is 31.8. The van der Waals surface area contributed by atoms with Gasteiger partial charge in [-0.15, -0.1) is 0 Å². The molecular weight excluding hydrogens is 561 g/mol. The molecule has 4 rings (SSSR count). The zero-order valence-corrected chi connectivity index (χ0v) is 25.1. The highest BCUT2D eigenvalue weighted by Gasteiger charge is 2.23. The second kappa shape index (κ2) is 14.2. The molecule has 1 unspecified atom stereocenters. The largest absolute Gasteiger partial charge is 0.393 e. The van der Waals surface area contributed by atoms with Crippen molar-refractivity contribution in [2.75, 3.05) is 23.0 Å². The molecule has 44 heavy (non-hydrogen) atoms. The standard InChI is InChI=1S/C32H36FN9O2/c1-18-7-5-10-25(28(18)33)39-20(3)29(35)31(44)41-24-9-6-8-19(2)30(43)42-26-16-22(40-32(36-4)38-17-34)11-12-23(26)21-13-14-37-27(24)15-21/h5,7,10-16,19,24,39H,6,8-9,35H2,1-4H3,(H,41,44)(H,42,43)(H2,36,38,40)/b29-20-/t19-,24?/m0/s1. The van der Waals surface area contributed by atoms with Gasteiger partial charge in [0.1, 0.15) is 11.5 Å². The van der Waals surface area contributed by atoms with Crippen molar-refractivity contribution < 1.29 is 14.0 Å². The van der Waals surface area contributed by atoms with Crippen LogP contribution in [0.3, 0.4) is 0 Å². The number of aromatic nitrogens is 1. The molecule has 2 bridgehead atoms. The van der Waals surface area contributed by atoms with E-state index in [0.29, 0.717) is 47.6 Å². The summed E-state index contributed by atoms with van der Waals surface area (Å²) in [6, 6.07) is 13.6. The molecule has 2 amide bonds. The predicted molar refractivity (Wildman–Crippen MR) is 170 cm³/mol. The van der Waals surface area contributed by atoms with Gasteiger partial charge in [0.25, 0.3) is 5.91 Å². The van der Waals surface area contributed by atoms with Gasteiger partial charge in [0.15, 0.2) is 6.19 Å². The summed E-state index contributed by atoms with van der Waals surface area (Å²) in [7, 11) is 1.54. The van der Waals surface area contributed by atoms with Gasteiger partial charge in [-0.1, -0.05) is 31.5 Å². The van der Waals surface area contributed by atoms with Gasteiger partial charge in [0.2, 0.25) is 11.9 Å². The van der Waals surface area contributed by atoms with Crippen LogP contribution in [0, 0.1) is 30.1 Å². The molecule has 12 heteroatoms. The number of aryl methyl sites for hydroxylation is 1. The molecule has 2 aromatic carbocycles. The lowest BCUT2D eigenvalue weighted by Crippen LogP contribution is -2.34. The van der Waals surface area contributed by atoms with Gasteiger partial charge in [-0.25, -0.2) is 4.39 Å². The predicted octanol–water partition coefficient (Wildman–Crippen LogP) is 4.88. The highest BCUT2D eigenvalue weighted by atomic mass is 19.1. The molecule has 2 heterocycles. The maximum atomic E-state index is 14.5. The van der Waals surface area contributed by atoms with Crippen molar-refractivity contribution in [2.45, 2.75) is 46.1 Å².